The number of halogens is 1. The molecule has 34 heavy (non-hydrogen) atoms. The molecule has 0 fully saturated rings. The number of imide groups is 1. The van der Waals surface area contributed by atoms with Gasteiger partial charge in [0, 0.05) is 21.0 Å². The Kier molecular flexibility index (Phi) is 3.85. The maximum Gasteiger partial charge on any atom is 0.266 e. The first-order chi connectivity index (χ1) is 16.5. The van der Waals surface area contributed by atoms with Gasteiger partial charge in [-0.2, -0.15) is 0 Å². The van der Waals surface area contributed by atoms with E-state index in [0.717, 1.165) is 47.9 Å². The van der Waals surface area contributed by atoms with E-state index in [9.17, 15) is 9.59 Å². The molecule has 1 heterocycles. The Labute approximate surface area is 204 Å². The smallest absolute Gasteiger partial charge is 0.266 e. The second-order valence-electron chi connectivity index (χ2n) is 9.11. The molecule has 162 valence electrons. The van der Waals surface area contributed by atoms with Gasteiger partial charge in [0.15, 0.2) is 0 Å². The van der Waals surface area contributed by atoms with Crippen LogP contribution in [0.5, 0.6) is 0 Å². The van der Waals surface area contributed by atoms with Crippen LogP contribution in [0.3, 0.4) is 0 Å². The van der Waals surface area contributed by atoms with Crippen molar-refractivity contribution in [1.29, 1.82) is 0 Å². The van der Waals surface area contributed by atoms with E-state index in [2.05, 4.69) is 52.3 Å². The van der Waals surface area contributed by atoms with Gasteiger partial charge in [-0.15, -0.1) is 0 Å². The maximum absolute atomic E-state index is 13.9. The standard InChI is InChI=1S/C30H18BrNO2/c1-15-13-18(31)14-16(2)28(15)32-29(33)23-11-9-21-19-7-3-5-17-6-4-8-20(25(17)19)22-10-12-24(30(32)34)27(23)26(21)22/h3-14H,1-2H3. The van der Waals surface area contributed by atoms with Crippen LogP contribution in [0.15, 0.2) is 77.3 Å². The molecular formula is C30H18BrNO2. The second kappa shape index (κ2) is 6.64. The predicted octanol–water partition coefficient (Wildman–Crippen LogP) is 7.92. The molecule has 0 N–H and O–H groups in total. The third-order valence-electron chi connectivity index (χ3n) is 7.19. The zero-order valence-corrected chi connectivity index (χ0v) is 20.2. The molecule has 0 atom stereocenters. The van der Waals surface area contributed by atoms with Crippen molar-refractivity contribution in [3.05, 3.63) is 99.5 Å². The minimum Gasteiger partial charge on any atom is -0.268 e. The molecule has 0 aromatic heterocycles. The molecule has 0 saturated carbocycles. The summed E-state index contributed by atoms with van der Waals surface area (Å²) in [5.74, 6) is -0.543. The van der Waals surface area contributed by atoms with Crippen LogP contribution in [0.4, 0.5) is 5.69 Å². The van der Waals surface area contributed by atoms with Crippen LogP contribution >= 0.6 is 15.9 Å². The number of fused-ring (bicyclic) bond motifs is 2. The Bertz CT molecular complexity index is 1760. The number of benzene rings is 6. The van der Waals surface area contributed by atoms with E-state index in [0.29, 0.717) is 16.8 Å². The molecule has 7 rings (SSSR count). The topological polar surface area (TPSA) is 37.4 Å². The van der Waals surface area contributed by atoms with Crippen LogP contribution in [0.1, 0.15) is 31.8 Å². The van der Waals surface area contributed by atoms with E-state index in [-0.39, 0.29) is 11.8 Å². The van der Waals surface area contributed by atoms with Gasteiger partial charge in [-0.25, -0.2) is 4.90 Å². The first kappa shape index (κ1) is 19.7. The summed E-state index contributed by atoms with van der Waals surface area (Å²) >= 11 is 3.52. The first-order valence-electron chi connectivity index (χ1n) is 11.2. The summed E-state index contributed by atoms with van der Waals surface area (Å²) in [6, 6.07) is 24.4. The highest BCUT2D eigenvalue weighted by atomic mass is 79.9. The van der Waals surface area contributed by atoms with Crippen LogP contribution in [0.2, 0.25) is 0 Å². The van der Waals surface area contributed by atoms with Gasteiger partial charge in [0.1, 0.15) is 0 Å². The summed E-state index contributed by atoms with van der Waals surface area (Å²) in [4.78, 5) is 29.1. The van der Waals surface area contributed by atoms with E-state index < -0.39 is 0 Å². The van der Waals surface area contributed by atoms with Crippen LogP contribution in [-0.4, -0.2) is 11.8 Å². The minimum absolute atomic E-state index is 0.271. The number of amides is 2. The van der Waals surface area contributed by atoms with Gasteiger partial charge in [0.05, 0.1) is 5.69 Å². The fourth-order valence-corrected chi connectivity index (χ4v) is 6.57. The average Bonchev–Trinajstić information content (AvgIpc) is 2.82. The summed E-state index contributed by atoms with van der Waals surface area (Å²) in [6.45, 7) is 3.86. The molecule has 6 aromatic carbocycles. The van der Waals surface area contributed by atoms with Gasteiger partial charge in [0.2, 0.25) is 0 Å². The monoisotopic (exact) mass is 503 g/mol. The lowest BCUT2D eigenvalue weighted by atomic mass is 9.84. The molecule has 1 aliphatic rings. The van der Waals surface area contributed by atoms with Gasteiger partial charge in [-0.1, -0.05) is 64.5 Å². The highest BCUT2D eigenvalue weighted by Crippen LogP contribution is 2.44. The molecule has 0 radical (unpaired) electrons. The molecule has 0 aliphatic carbocycles. The average molecular weight is 504 g/mol. The van der Waals surface area contributed by atoms with E-state index in [1.165, 1.54) is 15.7 Å². The number of aryl methyl sites for hydroxylation is 2. The summed E-state index contributed by atoms with van der Waals surface area (Å²) in [5.41, 5.74) is 3.56. The van der Waals surface area contributed by atoms with Gasteiger partial charge in [-0.3, -0.25) is 9.59 Å². The number of anilines is 1. The van der Waals surface area contributed by atoms with E-state index in [1.54, 1.807) is 0 Å². The van der Waals surface area contributed by atoms with Gasteiger partial charge < -0.3 is 0 Å². The highest BCUT2D eigenvalue weighted by Gasteiger charge is 2.36. The molecule has 0 bridgehead atoms. The summed E-state index contributed by atoms with van der Waals surface area (Å²) in [7, 11) is 0. The van der Waals surface area contributed by atoms with E-state index >= 15 is 0 Å². The van der Waals surface area contributed by atoms with E-state index in [1.807, 2.05) is 50.2 Å². The zero-order chi connectivity index (χ0) is 23.3. The number of rotatable bonds is 1. The van der Waals surface area contributed by atoms with Gasteiger partial charge >= 0.3 is 0 Å². The number of hydrogen-bond acceptors (Lipinski definition) is 2. The Hall–Kier alpha value is -3.76. The third kappa shape index (κ3) is 2.36. The van der Waals surface area contributed by atoms with Crippen LogP contribution < -0.4 is 4.90 Å². The summed E-state index contributed by atoms with van der Waals surface area (Å²) in [5, 5.41) is 8.60. The van der Waals surface area contributed by atoms with Crippen LogP contribution in [0.25, 0.3) is 43.1 Å². The van der Waals surface area contributed by atoms with Crippen LogP contribution in [-0.2, 0) is 0 Å². The molecule has 3 nitrogen and oxygen atoms in total. The Morgan fingerprint density at radius 1 is 0.618 bits per heavy atom. The fraction of sp³-hybridized carbons (Fsp3) is 0.0667. The van der Waals surface area contributed by atoms with Crippen molar-refractivity contribution in [2.24, 2.45) is 0 Å². The third-order valence-corrected chi connectivity index (χ3v) is 7.65. The molecule has 1 aliphatic heterocycles. The van der Waals surface area contributed by atoms with Crippen molar-refractivity contribution in [2.45, 2.75) is 13.8 Å². The Morgan fingerprint density at radius 2 is 1.12 bits per heavy atom. The second-order valence-corrected chi connectivity index (χ2v) is 10.0. The van der Waals surface area contributed by atoms with Crippen LogP contribution in [0, 0.1) is 13.8 Å². The lowest BCUT2D eigenvalue weighted by molar-refractivity contribution is 0.0893. The molecule has 0 spiro atoms. The lowest BCUT2D eigenvalue weighted by Crippen LogP contribution is -2.41. The summed E-state index contributed by atoms with van der Waals surface area (Å²) in [6.07, 6.45) is 0. The first-order valence-corrected chi connectivity index (χ1v) is 12.0. The molecule has 0 unspecified atom stereocenters. The Morgan fingerprint density at radius 3 is 1.65 bits per heavy atom. The van der Waals surface area contributed by atoms with Crippen molar-refractivity contribution in [1.82, 2.24) is 0 Å². The molecule has 2 amide bonds. The fourth-order valence-electron chi connectivity index (χ4n) is 5.88. The number of carbonyl (C=O) groups is 2. The normalized spacial score (nSPS) is 13.8. The van der Waals surface area contributed by atoms with Crippen molar-refractivity contribution in [2.75, 3.05) is 4.90 Å². The molecular weight excluding hydrogens is 486 g/mol. The predicted molar refractivity (Wildman–Crippen MR) is 142 cm³/mol. The van der Waals surface area contributed by atoms with Crippen molar-refractivity contribution >= 4 is 76.5 Å². The molecule has 0 saturated heterocycles. The maximum atomic E-state index is 13.9. The van der Waals surface area contributed by atoms with Crippen molar-refractivity contribution in [3.63, 3.8) is 0 Å². The lowest BCUT2D eigenvalue weighted by Gasteiger charge is -2.30. The number of hydrogen-bond donors (Lipinski definition) is 0. The van der Waals surface area contributed by atoms with Gasteiger partial charge in [-0.05, 0) is 86.9 Å². The quantitative estimate of drug-likeness (QED) is 0.130. The molecule has 6 aromatic rings. The molecule has 4 heteroatoms. The van der Waals surface area contributed by atoms with Crippen molar-refractivity contribution < 1.29 is 9.59 Å². The highest BCUT2D eigenvalue weighted by molar-refractivity contribution is 9.10. The SMILES string of the molecule is Cc1cc(Br)cc(C)c1N1C(=O)c2ccc3c4cccc5cccc(c6ccc(c2c36)C1=O)c54. The Balaban J connectivity index is 1.61. The van der Waals surface area contributed by atoms with Gasteiger partial charge in [0.25, 0.3) is 11.8 Å². The summed E-state index contributed by atoms with van der Waals surface area (Å²) < 4.78 is 0.926. The minimum atomic E-state index is -0.271. The van der Waals surface area contributed by atoms with E-state index in [4.69, 9.17) is 0 Å². The number of carbonyl (C=O) groups excluding carboxylic acids is 2. The zero-order valence-electron chi connectivity index (χ0n) is 18.6. The van der Waals surface area contributed by atoms with Crippen molar-refractivity contribution in [3.8, 4) is 0 Å². The number of nitrogens with zero attached hydrogens (tertiary/aromatic N) is 1. The largest absolute Gasteiger partial charge is 0.268 e.